The van der Waals surface area contributed by atoms with Gasteiger partial charge in [0.05, 0.1) is 13.7 Å². The summed E-state index contributed by atoms with van der Waals surface area (Å²) in [5.74, 6) is 0.164. The van der Waals surface area contributed by atoms with Crippen LogP contribution in [0.3, 0.4) is 0 Å². The fourth-order valence-corrected chi connectivity index (χ4v) is 2.86. The zero-order chi connectivity index (χ0) is 18.3. The second kappa shape index (κ2) is 8.46. The van der Waals surface area contributed by atoms with E-state index in [1.807, 2.05) is 18.2 Å². The quantitative estimate of drug-likeness (QED) is 0.823. The number of hydrogen-bond acceptors (Lipinski definition) is 4. The van der Waals surface area contributed by atoms with Crippen LogP contribution in [0.25, 0.3) is 6.08 Å². The molecule has 0 aliphatic rings. The van der Waals surface area contributed by atoms with Crippen LogP contribution < -0.4 is 10.1 Å². The predicted octanol–water partition coefficient (Wildman–Crippen LogP) is 2.57. The summed E-state index contributed by atoms with van der Waals surface area (Å²) in [6, 6.07) is 15.9. The van der Waals surface area contributed by atoms with Crippen molar-refractivity contribution >= 4 is 27.7 Å². The number of amides is 1. The standard InChI is InChI=1S/C18H20N2O4S/c1-20(25(22,23)12-11-15-7-4-3-5-8-15)14-18(21)19-16-9-6-10-17(13-16)24-2/h3-13H,14H2,1-2H3,(H,19,21). The number of nitrogens with zero attached hydrogens (tertiary/aromatic N) is 1. The van der Waals surface area contributed by atoms with E-state index in [1.165, 1.54) is 20.2 Å². The minimum atomic E-state index is -3.69. The van der Waals surface area contributed by atoms with E-state index in [-0.39, 0.29) is 6.54 Å². The van der Waals surface area contributed by atoms with Crippen LogP contribution in [-0.2, 0) is 14.8 Å². The number of rotatable bonds is 7. The molecule has 7 heteroatoms. The number of anilines is 1. The average molecular weight is 360 g/mol. The first-order chi connectivity index (χ1) is 11.9. The Morgan fingerprint density at radius 1 is 1.16 bits per heavy atom. The fraction of sp³-hybridized carbons (Fsp3) is 0.167. The molecule has 1 amide bonds. The number of nitrogens with one attached hydrogen (secondary N) is 1. The summed E-state index contributed by atoms with van der Waals surface area (Å²) in [4.78, 5) is 12.1. The second-order valence-electron chi connectivity index (χ2n) is 5.29. The molecule has 0 bridgehead atoms. The normalized spacial score (nSPS) is 11.6. The molecule has 0 aliphatic carbocycles. The molecule has 25 heavy (non-hydrogen) atoms. The molecule has 132 valence electrons. The highest BCUT2D eigenvalue weighted by molar-refractivity contribution is 7.92. The van der Waals surface area contributed by atoms with Crippen molar-refractivity contribution in [3.8, 4) is 5.75 Å². The lowest BCUT2D eigenvalue weighted by atomic mass is 10.2. The SMILES string of the molecule is COc1cccc(NC(=O)CN(C)S(=O)(=O)C=Cc2ccccc2)c1. The largest absolute Gasteiger partial charge is 0.497 e. The van der Waals surface area contributed by atoms with Gasteiger partial charge in [-0.25, -0.2) is 8.42 Å². The molecule has 0 radical (unpaired) electrons. The van der Waals surface area contributed by atoms with Crippen LogP contribution in [0.5, 0.6) is 5.75 Å². The smallest absolute Gasteiger partial charge is 0.239 e. The first kappa shape index (κ1) is 18.7. The van der Waals surface area contributed by atoms with Crippen molar-refractivity contribution in [3.05, 3.63) is 65.6 Å². The Morgan fingerprint density at radius 2 is 1.88 bits per heavy atom. The first-order valence-corrected chi connectivity index (χ1v) is 9.04. The number of methoxy groups -OCH3 is 1. The maximum atomic E-state index is 12.2. The summed E-state index contributed by atoms with van der Waals surface area (Å²) in [5.41, 5.74) is 1.30. The molecule has 0 heterocycles. The molecule has 2 rings (SSSR count). The monoisotopic (exact) mass is 360 g/mol. The number of benzene rings is 2. The number of carbonyl (C=O) groups is 1. The van der Waals surface area contributed by atoms with Crippen LogP contribution in [0.15, 0.2) is 60.0 Å². The van der Waals surface area contributed by atoms with Crippen LogP contribution in [0.2, 0.25) is 0 Å². The molecule has 0 saturated heterocycles. The molecule has 0 aliphatic heterocycles. The first-order valence-electron chi connectivity index (χ1n) is 7.54. The number of ether oxygens (including phenoxy) is 1. The Labute approximate surface area is 147 Å². The molecule has 2 aromatic rings. The zero-order valence-corrected chi connectivity index (χ0v) is 14.9. The van der Waals surface area contributed by atoms with E-state index < -0.39 is 15.9 Å². The van der Waals surface area contributed by atoms with Gasteiger partial charge in [-0.05, 0) is 23.8 Å². The third-order valence-corrected chi connectivity index (χ3v) is 4.86. The predicted molar refractivity (Wildman–Crippen MR) is 98.6 cm³/mol. The third kappa shape index (κ3) is 5.74. The lowest BCUT2D eigenvalue weighted by molar-refractivity contribution is -0.116. The molecule has 0 fully saturated rings. The zero-order valence-electron chi connectivity index (χ0n) is 14.0. The van der Waals surface area contributed by atoms with Gasteiger partial charge < -0.3 is 10.1 Å². The third-order valence-electron chi connectivity index (χ3n) is 3.39. The van der Waals surface area contributed by atoms with E-state index >= 15 is 0 Å². The van der Waals surface area contributed by atoms with E-state index in [0.29, 0.717) is 11.4 Å². The van der Waals surface area contributed by atoms with Gasteiger partial charge in [0.15, 0.2) is 0 Å². The van der Waals surface area contributed by atoms with Gasteiger partial charge in [-0.2, -0.15) is 4.31 Å². The lowest BCUT2D eigenvalue weighted by Gasteiger charge is -2.14. The van der Waals surface area contributed by atoms with Gasteiger partial charge in [0.1, 0.15) is 5.75 Å². The van der Waals surface area contributed by atoms with Crippen molar-refractivity contribution in [3.63, 3.8) is 0 Å². The van der Waals surface area contributed by atoms with Crippen molar-refractivity contribution in [1.82, 2.24) is 4.31 Å². The molecule has 0 unspecified atom stereocenters. The van der Waals surface area contributed by atoms with E-state index in [9.17, 15) is 13.2 Å². The van der Waals surface area contributed by atoms with Gasteiger partial charge in [0, 0.05) is 24.2 Å². The van der Waals surface area contributed by atoms with Gasteiger partial charge in [-0.15, -0.1) is 0 Å². The Balaban J connectivity index is 1.98. The van der Waals surface area contributed by atoms with Crippen molar-refractivity contribution in [2.75, 3.05) is 26.0 Å². The Hall–Kier alpha value is -2.64. The van der Waals surface area contributed by atoms with Gasteiger partial charge in [0.25, 0.3) is 0 Å². The number of likely N-dealkylation sites (N-methyl/N-ethyl adjacent to an activating group) is 1. The molecule has 6 nitrogen and oxygen atoms in total. The molecule has 0 saturated carbocycles. The summed E-state index contributed by atoms with van der Waals surface area (Å²) in [6.07, 6.45) is 1.49. The Kier molecular flexibility index (Phi) is 6.32. The van der Waals surface area contributed by atoms with Crippen LogP contribution in [0, 0.1) is 0 Å². The molecule has 2 aromatic carbocycles. The molecule has 0 atom stereocenters. The van der Waals surface area contributed by atoms with Gasteiger partial charge >= 0.3 is 0 Å². The molecular weight excluding hydrogens is 340 g/mol. The summed E-state index contributed by atoms with van der Waals surface area (Å²) < 4.78 is 30.5. The van der Waals surface area contributed by atoms with Crippen LogP contribution in [0.1, 0.15) is 5.56 Å². The van der Waals surface area contributed by atoms with E-state index in [0.717, 1.165) is 15.3 Å². The highest BCUT2D eigenvalue weighted by atomic mass is 32.2. The van der Waals surface area contributed by atoms with Crippen LogP contribution in [-0.4, -0.2) is 39.3 Å². The number of carbonyl (C=O) groups excluding carboxylic acids is 1. The number of hydrogen-bond donors (Lipinski definition) is 1. The van der Waals surface area contributed by atoms with E-state index in [4.69, 9.17) is 4.74 Å². The molecule has 0 aromatic heterocycles. The maximum absolute atomic E-state index is 12.2. The summed E-state index contributed by atoms with van der Waals surface area (Å²) in [7, 11) is -0.806. The molecular formula is C18H20N2O4S. The van der Waals surface area contributed by atoms with Gasteiger partial charge in [0.2, 0.25) is 15.9 Å². The summed E-state index contributed by atoms with van der Waals surface area (Å²) in [6.45, 7) is -0.293. The highest BCUT2D eigenvalue weighted by Gasteiger charge is 2.17. The van der Waals surface area contributed by atoms with Crippen LogP contribution in [0.4, 0.5) is 5.69 Å². The summed E-state index contributed by atoms with van der Waals surface area (Å²) in [5, 5.41) is 3.73. The van der Waals surface area contributed by atoms with E-state index in [2.05, 4.69) is 5.32 Å². The fourth-order valence-electron chi connectivity index (χ4n) is 2.03. The number of sulfonamides is 1. The highest BCUT2D eigenvalue weighted by Crippen LogP contribution is 2.16. The second-order valence-corrected chi connectivity index (χ2v) is 7.22. The Bertz CT molecular complexity index is 848. The molecule has 0 spiro atoms. The average Bonchev–Trinajstić information content (AvgIpc) is 2.61. The van der Waals surface area contributed by atoms with Crippen LogP contribution >= 0.6 is 0 Å². The van der Waals surface area contributed by atoms with E-state index in [1.54, 1.807) is 36.4 Å². The van der Waals surface area contributed by atoms with Gasteiger partial charge in [-0.3, -0.25) is 4.79 Å². The van der Waals surface area contributed by atoms with Crippen molar-refractivity contribution in [2.24, 2.45) is 0 Å². The Morgan fingerprint density at radius 3 is 2.56 bits per heavy atom. The van der Waals surface area contributed by atoms with Gasteiger partial charge in [-0.1, -0.05) is 36.4 Å². The maximum Gasteiger partial charge on any atom is 0.239 e. The topological polar surface area (TPSA) is 75.7 Å². The minimum Gasteiger partial charge on any atom is -0.497 e. The minimum absolute atomic E-state index is 0.293. The van der Waals surface area contributed by atoms with Crippen molar-refractivity contribution in [1.29, 1.82) is 0 Å². The lowest BCUT2D eigenvalue weighted by Crippen LogP contribution is -2.33. The van der Waals surface area contributed by atoms with Crippen molar-refractivity contribution < 1.29 is 17.9 Å². The molecule has 1 N–H and O–H groups in total. The van der Waals surface area contributed by atoms with Crippen molar-refractivity contribution in [2.45, 2.75) is 0 Å². The summed E-state index contributed by atoms with van der Waals surface area (Å²) >= 11 is 0.